The van der Waals surface area contributed by atoms with Crippen LogP contribution in [0.1, 0.15) is 61.9 Å². The second kappa shape index (κ2) is 6.06. The Hall–Kier alpha value is -1.55. The van der Waals surface area contributed by atoms with E-state index in [2.05, 4.69) is 13.8 Å². The van der Waals surface area contributed by atoms with Gasteiger partial charge >= 0.3 is 5.97 Å². The molecular formula is C17H24O4. The fourth-order valence-electron chi connectivity index (χ4n) is 3.66. The van der Waals surface area contributed by atoms with Gasteiger partial charge in [-0.25, -0.2) is 4.79 Å². The lowest BCUT2D eigenvalue weighted by Crippen LogP contribution is -2.41. The smallest absolute Gasteiger partial charge is 0.336 e. The molecule has 0 spiro atoms. The maximum atomic E-state index is 11.5. The first-order valence-corrected chi connectivity index (χ1v) is 7.67. The molecule has 3 unspecified atom stereocenters. The van der Waals surface area contributed by atoms with Gasteiger partial charge in [0.2, 0.25) is 0 Å². The molecule has 3 atom stereocenters. The van der Waals surface area contributed by atoms with Crippen molar-refractivity contribution in [3.05, 3.63) is 29.3 Å². The minimum absolute atomic E-state index is 0.00287. The van der Waals surface area contributed by atoms with Crippen LogP contribution in [-0.4, -0.2) is 21.3 Å². The number of benzene rings is 1. The molecule has 1 fully saturated rings. The highest BCUT2D eigenvalue weighted by Crippen LogP contribution is 2.47. The summed E-state index contributed by atoms with van der Waals surface area (Å²) in [5.74, 6) is -0.686. The first kappa shape index (κ1) is 15.8. The van der Waals surface area contributed by atoms with Crippen LogP contribution >= 0.6 is 0 Å². The summed E-state index contributed by atoms with van der Waals surface area (Å²) in [7, 11) is 0. The number of rotatable bonds is 4. The van der Waals surface area contributed by atoms with Crippen molar-refractivity contribution in [2.75, 3.05) is 0 Å². The van der Waals surface area contributed by atoms with E-state index in [0.717, 1.165) is 25.7 Å². The second-order valence-electron chi connectivity index (χ2n) is 6.33. The lowest BCUT2D eigenvalue weighted by atomic mass is 9.66. The van der Waals surface area contributed by atoms with Gasteiger partial charge in [-0.1, -0.05) is 26.7 Å². The van der Waals surface area contributed by atoms with Crippen LogP contribution in [0, 0.1) is 11.8 Å². The largest absolute Gasteiger partial charge is 0.508 e. The summed E-state index contributed by atoms with van der Waals surface area (Å²) in [4.78, 5) is 11.5. The van der Waals surface area contributed by atoms with Gasteiger partial charge in [-0.05, 0) is 49.3 Å². The van der Waals surface area contributed by atoms with Crippen molar-refractivity contribution in [1.82, 2.24) is 0 Å². The second-order valence-corrected chi connectivity index (χ2v) is 6.33. The fraction of sp³-hybridized carbons (Fsp3) is 0.588. The van der Waals surface area contributed by atoms with E-state index in [0.29, 0.717) is 17.9 Å². The van der Waals surface area contributed by atoms with Crippen LogP contribution in [0.5, 0.6) is 5.75 Å². The average Bonchev–Trinajstić information content (AvgIpc) is 2.41. The minimum atomic E-state index is -1.17. The quantitative estimate of drug-likeness (QED) is 0.793. The summed E-state index contributed by atoms with van der Waals surface area (Å²) in [6, 6.07) is 4.16. The Morgan fingerprint density at radius 1 is 1.38 bits per heavy atom. The lowest BCUT2D eigenvalue weighted by Gasteiger charge is -2.43. The molecule has 2 rings (SSSR count). The van der Waals surface area contributed by atoms with E-state index in [9.17, 15) is 20.1 Å². The first-order valence-electron chi connectivity index (χ1n) is 7.67. The van der Waals surface area contributed by atoms with Crippen LogP contribution in [0.15, 0.2) is 18.2 Å². The maximum absolute atomic E-state index is 11.5. The number of hydrogen-bond donors (Lipinski definition) is 3. The van der Waals surface area contributed by atoms with Crippen molar-refractivity contribution in [3.8, 4) is 5.75 Å². The van der Waals surface area contributed by atoms with Crippen molar-refractivity contribution in [2.45, 2.75) is 51.6 Å². The Morgan fingerprint density at radius 3 is 2.71 bits per heavy atom. The van der Waals surface area contributed by atoms with Gasteiger partial charge in [0.15, 0.2) is 0 Å². The van der Waals surface area contributed by atoms with E-state index < -0.39 is 11.6 Å². The Balaban J connectivity index is 2.53. The van der Waals surface area contributed by atoms with Crippen molar-refractivity contribution >= 4 is 5.97 Å². The van der Waals surface area contributed by atoms with Crippen molar-refractivity contribution in [2.24, 2.45) is 11.8 Å². The molecule has 21 heavy (non-hydrogen) atoms. The van der Waals surface area contributed by atoms with Crippen LogP contribution in [0.4, 0.5) is 0 Å². The van der Waals surface area contributed by atoms with Crippen LogP contribution in [0.2, 0.25) is 0 Å². The van der Waals surface area contributed by atoms with Gasteiger partial charge < -0.3 is 15.3 Å². The molecule has 4 nitrogen and oxygen atoms in total. The zero-order chi connectivity index (χ0) is 15.6. The van der Waals surface area contributed by atoms with Crippen molar-refractivity contribution in [1.29, 1.82) is 0 Å². The SMILES string of the molecule is CCCC1CCC(C)CC1(O)c1cc(O)ccc1C(=O)O. The van der Waals surface area contributed by atoms with Crippen molar-refractivity contribution in [3.63, 3.8) is 0 Å². The molecule has 0 aliphatic heterocycles. The molecule has 1 aliphatic carbocycles. The Bertz CT molecular complexity index is 526. The molecule has 3 N–H and O–H groups in total. The van der Waals surface area contributed by atoms with Crippen LogP contribution in [-0.2, 0) is 5.60 Å². The molecule has 0 amide bonds. The number of aromatic carboxylic acids is 1. The molecule has 4 heteroatoms. The third-order valence-electron chi connectivity index (χ3n) is 4.68. The molecule has 116 valence electrons. The predicted octanol–water partition coefficient (Wildman–Crippen LogP) is 3.51. The van der Waals surface area contributed by atoms with Gasteiger partial charge in [-0.2, -0.15) is 0 Å². The number of hydrogen-bond acceptors (Lipinski definition) is 3. The van der Waals surface area contributed by atoms with Gasteiger partial charge in [0.25, 0.3) is 0 Å². The number of phenolic OH excluding ortho intramolecular Hbond substituents is 1. The normalized spacial score (nSPS) is 29.3. The molecule has 1 saturated carbocycles. The summed E-state index contributed by atoms with van der Waals surface area (Å²) >= 11 is 0. The number of phenols is 1. The van der Waals surface area contributed by atoms with E-state index in [1.54, 1.807) is 0 Å². The topological polar surface area (TPSA) is 77.8 Å². The Kier molecular flexibility index (Phi) is 4.57. The first-order chi connectivity index (χ1) is 9.88. The molecular weight excluding hydrogens is 268 g/mol. The average molecular weight is 292 g/mol. The number of aliphatic hydroxyl groups is 1. The van der Waals surface area contributed by atoms with Gasteiger partial charge in [-0.3, -0.25) is 0 Å². The van der Waals surface area contributed by atoms with Crippen LogP contribution in [0.25, 0.3) is 0 Å². The van der Waals surface area contributed by atoms with E-state index >= 15 is 0 Å². The number of aromatic hydroxyl groups is 1. The Morgan fingerprint density at radius 2 is 2.10 bits per heavy atom. The highest BCUT2D eigenvalue weighted by molar-refractivity contribution is 5.90. The molecule has 0 aromatic heterocycles. The zero-order valence-corrected chi connectivity index (χ0v) is 12.7. The predicted molar refractivity (Wildman–Crippen MR) is 80.4 cm³/mol. The summed E-state index contributed by atoms with van der Waals surface area (Å²) in [6.45, 7) is 4.15. The van der Waals surface area contributed by atoms with Gasteiger partial charge in [0, 0.05) is 5.56 Å². The minimum Gasteiger partial charge on any atom is -0.508 e. The number of carboxylic acids is 1. The number of carboxylic acid groups (broad SMARTS) is 1. The molecule has 0 radical (unpaired) electrons. The van der Waals surface area contributed by atoms with E-state index in [1.165, 1.54) is 18.2 Å². The summed E-state index contributed by atoms with van der Waals surface area (Å²) < 4.78 is 0. The van der Waals surface area contributed by atoms with Gasteiger partial charge in [0.1, 0.15) is 5.75 Å². The standard InChI is InChI=1S/C17H24O4/c1-3-4-12-6-5-11(2)10-17(12,21)15-9-13(18)7-8-14(15)16(19)20/h7-9,11-12,18,21H,3-6,10H2,1-2H3,(H,19,20). The van der Waals surface area contributed by atoms with Crippen LogP contribution in [0.3, 0.4) is 0 Å². The van der Waals surface area contributed by atoms with Crippen LogP contribution < -0.4 is 0 Å². The molecule has 0 heterocycles. The fourth-order valence-corrected chi connectivity index (χ4v) is 3.66. The molecule has 1 aromatic carbocycles. The maximum Gasteiger partial charge on any atom is 0.336 e. The summed E-state index contributed by atoms with van der Waals surface area (Å²) in [5.41, 5.74) is -0.717. The Labute approximate surface area is 125 Å². The van der Waals surface area contributed by atoms with Gasteiger partial charge in [-0.15, -0.1) is 0 Å². The highest BCUT2D eigenvalue weighted by atomic mass is 16.4. The van der Waals surface area contributed by atoms with Crippen molar-refractivity contribution < 1.29 is 20.1 Å². The third-order valence-corrected chi connectivity index (χ3v) is 4.68. The monoisotopic (exact) mass is 292 g/mol. The zero-order valence-electron chi connectivity index (χ0n) is 12.7. The molecule has 0 saturated heterocycles. The molecule has 1 aromatic rings. The third kappa shape index (κ3) is 3.05. The lowest BCUT2D eigenvalue weighted by molar-refractivity contribution is -0.0736. The molecule has 0 bridgehead atoms. The van der Waals surface area contributed by atoms with E-state index in [4.69, 9.17) is 0 Å². The summed E-state index contributed by atoms with van der Waals surface area (Å²) in [5, 5.41) is 30.4. The summed E-state index contributed by atoms with van der Waals surface area (Å²) in [6.07, 6.45) is 4.29. The van der Waals surface area contributed by atoms with E-state index in [-0.39, 0.29) is 17.2 Å². The van der Waals surface area contributed by atoms with E-state index in [1.807, 2.05) is 0 Å². The highest BCUT2D eigenvalue weighted by Gasteiger charge is 2.44. The molecule has 1 aliphatic rings. The van der Waals surface area contributed by atoms with Gasteiger partial charge in [0.05, 0.1) is 11.2 Å². The number of carbonyl (C=O) groups is 1.